The maximum absolute atomic E-state index is 12.8. The first-order chi connectivity index (χ1) is 8.19. The summed E-state index contributed by atoms with van der Waals surface area (Å²) in [5, 5.41) is 15.4. The van der Waals surface area contributed by atoms with E-state index in [1.54, 1.807) is 6.07 Å². The highest BCUT2D eigenvalue weighted by Crippen LogP contribution is 2.19. The van der Waals surface area contributed by atoms with E-state index >= 15 is 0 Å². The second-order valence-electron chi connectivity index (χ2n) is 3.45. The van der Waals surface area contributed by atoms with Crippen molar-refractivity contribution in [2.75, 3.05) is 0 Å². The van der Waals surface area contributed by atoms with Gasteiger partial charge in [0.25, 0.3) is 0 Å². The number of nitriles is 1. The molecule has 1 aromatic carbocycles. The second-order valence-corrected chi connectivity index (χ2v) is 3.85. The molecule has 0 unspecified atom stereocenters. The zero-order chi connectivity index (χ0) is 12.3. The molecule has 2 rings (SSSR count). The van der Waals surface area contributed by atoms with Crippen molar-refractivity contribution in [3.8, 4) is 6.07 Å². The van der Waals surface area contributed by atoms with Crippen LogP contribution in [0.2, 0.25) is 5.02 Å². The van der Waals surface area contributed by atoms with E-state index in [0.717, 1.165) is 5.56 Å². The van der Waals surface area contributed by atoms with Gasteiger partial charge in [0.1, 0.15) is 11.6 Å². The predicted octanol–water partition coefficient (Wildman–Crippen LogP) is 2.25. The fourth-order valence-electron chi connectivity index (χ4n) is 1.41. The number of hydrogen-bond donors (Lipinski definition) is 1. The molecule has 4 nitrogen and oxygen atoms in total. The van der Waals surface area contributed by atoms with Crippen LogP contribution in [0.5, 0.6) is 0 Å². The summed E-state index contributed by atoms with van der Waals surface area (Å²) in [6.07, 6.45) is 0.588. The molecule has 0 saturated carbocycles. The van der Waals surface area contributed by atoms with Crippen LogP contribution >= 0.6 is 11.6 Å². The van der Waals surface area contributed by atoms with Gasteiger partial charge in [0.2, 0.25) is 0 Å². The summed E-state index contributed by atoms with van der Waals surface area (Å²) in [6.45, 7) is 0. The minimum atomic E-state index is -0.374. The summed E-state index contributed by atoms with van der Waals surface area (Å²) in [7, 11) is 0. The Labute approximate surface area is 102 Å². The van der Waals surface area contributed by atoms with Crippen LogP contribution < -0.4 is 0 Å². The predicted molar refractivity (Wildman–Crippen MR) is 59.9 cm³/mol. The molecule has 0 aliphatic heterocycles. The van der Waals surface area contributed by atoms with Crippen LogP contribution in [0.4, 0.5) is 4.39 Å². The maximum atomic E-state index is 12.8. The number of H-pyrrole nitrogens is 1. The largest absolute Gasteiger partial charge is 0.263 e. The van der Waals surface area contributed by atoms with Crippen molar-refractivity contribution in [3.63, 3.8) is 0 Å². The fraction of sp³-hybridized carbons (Fsp3) is 0.182. The van der Waals surface area contributed by atoms with Crippen molar-refractivity contribution in [1.82, 2.24) is 15.2 Å². The second kappa shape index (κ2) is 4.93. The third-order valence-electron chi connectivity index (χ3n) is 2.19. The average Bonchev–Trinajstić information content (AvgIpc) is 2.71. The lowest BCUT2D eigenvalue weighted by Gasteiger charge is -2.01. The van der Waals surface area contributed by atoms with Crippen LogP contribution in [-0.2, 0) is 12.8 Å². The molecular weight excluding hydrogens is 243 g/mol. The van der Waals surface area contributed by atoms with E-state index in [2.05, 4.69) is 15.2 Å². The lowest BCUT2D eigenvalue weighted by Crippen LogP contribution is -1.93. The van der Waals surface area contributed by atoms with Crippen molar-refractivity contribution >= 4 is 11.6 Å². The van der Waals surface area contributed by atoms with Gasteiger partial charge in [0.15, 0.2) is 5.82 Å². The number of aromatic nitrogens is 3. The molecule has 1 heterocycles. The maximum Gasteiger partial charge on any atom is 0.164 e. The molecule has 0 fully saturated rings. The smallest absolute Gasteiger partial charge is 0.164 e. The lowest BCUT2D eigenvalue weighted by molar-refractivity contribution is 0.627. The molecule has 0 aliphatic carbocycles. The summed E-state index contributed by atoms with van der Waals surface area (Å²) >= 11 is 5.89. The summed E-state index contributed by atoms with van der Waals surface area (Å²) in [5.41, 5.74) is 0.757. The molecule has 1 aromatic heterocycles. The lowest BCUT2D eigenvalue weighted by atomic mass is 10.1. The molecule has 0 spiro atoms. The van der Waals surface area contributed by atoms with E-state index in [9.17, 15) is 4.39 Å². The van der Waals surface area contributed by atoms with Gasteiger partial charge in [-0.15, -0.1) is 0 Å². The summed E-state index contributed by atoms with van der Waals surface area (Å²) < 4.78 is 12.8. The Morgan fingerprint density at radius 1 is 1.47 bits per heavy atom. The Balaban J connectivity index is 2.17. The summed E-state index contributed by atoms with van der Waals surface area (Å²) in [6, 6.07) is 6.16. The monoisotopic (exact) mass is 250 g/mol. The minimum absolute atomic E-state index is 0.160. The summed E-state index contributed by atoms with van der Waals surface area (Å²) in [4.78, 5) is 4.12. The number of hydrogen-bond acceptors (Lipinski definition) is 3. The van der Waals surface area contributed by atoms with E-state index in [0.29, 0.717) is 23.1 Å². The highest BCUT2D eigenvalue weighted by molar-refractivity contribution is 6.31. The van der Waals surface area contributed by atoms with Crippen LogP contribution in [0.1, 0.15) is 17.2 Å². The molecule has 0 aliphatic rings. The molecule has 0 amide bonds. The van der Waals surface area contributed by atoms with Crippen LogP contribution in [0.15, 0.2) is 18.2 Å². The molecule has 1 N–H and O–H groups in total. The topological polar surface area (TPSA) is 65.4 Å². The Hall–Kier alpha value is -1.93. The number of halogens is 2. The molecule has 6 heteroatoms. The number of benzene rings is 1. The Morgan fingerprint density at radius 3 is 3.00 bits per heavy atom. The molecule has 0 atom stereocenters. The molecule has 86 valence electrons. The molecule has 0 saturated heterocycles. The highest BCUT2D eigenvalue weighted by Gasteiger charge is 2.07. The molecule has 0 bridgehead atoms. The average molecular weight is 251 g/mol. The van der Waals surface area contributed by atoms with Crippen molar-refractivity contribution in [1.29, 1.82) is 5.26 Å². The van der Waals surface area contributed by atoms with Crippen LogP contribution in [0, 0.1) is 17.1 Å². The van der Waals surface area contributed by atoms with Crippen LogP contribution in [0.25, 0.3) is 0 Å². The quantitative estimate of drug-likeness (QED) is 0.909. The third kappa shape index (κ3) is 2.80. The van der Waals surface area contributed by atoms with Crippen molar-refractivity contribution in [3.05, 3.63) is 46.3 Å². The van der Waals surface area contributed by atoms with Gasteiger partial charge in [0, 0.05) is 11.4 Å². The van der Waals surface area contributed by atoms with Gasteiger partial charge in [-0.25, -0.2) is 9.37 Å². The van der Waals surface area contributed by atoms with Crippen LogP contribution in [-0.4, -0.2) is 15.2 Å². The first-order valence-corrected chi connectivity index (χ1v) is 5.28. The fourth-order valence-corrected chi connectivity index (χ4v) is 1.64. The van der Waals surface area contributed by atoms with E-state index in [1.807, 2.05) is 6.07 Å². The first kappa shape index (κ1) is 11.6. The van der Waals surface area contributed by atoms with Gasteiger partial charge in [-0.2, -0.15) is 10.4 Å². The van der Waals surface area contributed by atoms with Gasteiger partial charge in [-0.05, 0) is 17.7 Å². The SMILES string of the molecule is N#CCc1n[nH]c(Cc2ccc(F)cc2Cl)n1. The zero-order valence-electron chi connectivity index (χ0n) is 8.74. The van der Waals surface area contributed by atoms with Gasteiger partial charge >= 0.3 is 0 Å². The van der Waals surface area contributed by atoms with E-state index in [1.165, 1.54) is 12.1 Å². The molecule has 0 radical (unpaired) electrons. The summed E-state index contributed by atoms with van der Waals surface area (Å²) in [5.74, 6) is 0.672. The molecular formula is C11H8ClFN4. The molecule has 17 heavy (non-hydrogen) atoms. The van der Waals surface area contributed by atoms with Gasteiger partial charge in [0.05, 0.1) is 12.5 Å². The Morgan fingerprint density at radius 2 is 2.29 bits per heavy atom. The van der Waals surface area contributed by atoms with Crippen molar-refractivity contribution in [2.24, 2.45) is 0 Å². The zero-order valence-corrected chi connectivity index (χ0v) is 9.50. The number of aromatic amines is 1. The third-order valence-corrected chi connectivity index (χ3v) is 2.54. The Kier molecular flexibility index (Phi) is 3.35. The Bertz CT molecular complexity index is 573. The van der Waals surface area contributed by atoms with E-state index in [-0.39, 0.29) is 12.2 Å². The van der Waals surface area contributed by atoms with Gasteiger partial charge in [-0.1, -0.05) is 17.7 Å². The highest BCUT2D eigenvalue weighted by atomic mass is 35.5. The van der Waals surface area contributed by atoms with E-state index < -0.39 is 0 Å². The van der Waals surface area contributed by atoms with E-state index in [4.69, 9.17) is 16.9 Å². The van der Waals surface area contributed by atoms with Crippen LogP contribution in [0.3, 0.4) is 0 Å². The van der Waals surface area contributed by atoms with Crippen molar-refractivity contribution in [2.45, 2.75) is 12.8 Å². The normalized spacial score (nSPS) is 10.2. The van der Waals surface area contributed by atoms with Crippen molar-refractivity contribution < 1.29 is 4.39 Å². The number of nitrogens with zero attached hydrogens (tertiary/aromatic N) is 3. The van der Waals surface area contributed by atoms with Gasteiger partial charge < -0.3 is 0 Å². The molecule has 2 aromatic rings. The standard InChI is InChI=1S/C11H8ClFN4/c12-9-6-8(13)2-1-7(9)5-11-15-10(3-4-14)16-17-11/h1-2,6H,3,5H2,(H,15,16,17). The van der Waals surface area contributed by atoms with Gasteiger partial charge in [-0.3, -0.25) is 5.10 Å². The number of nitrogens with one attached hydrogen (secondary N) is 1. The minimum Gasteiger partial charge on any atom is -0.263 e. The number of rotatable bonds is 3. The first-order valence-electron chi connectivity index (χ1n) is 4.90.